The summed E-state index contributed by atoms with van der Waals surface area (Å²) in [6.45, 7) is 4.28. The number of ether oxygens (including phenoxy) is 2. The molecular formula is C25H25N3O4S. The number of fused-ring (bicyclic) bond motifs is 1. The number of amides is 1. The molecule has 33 heavy (non-hydrogen) atoms. The Labute approximate surface area is 197 Å². The number of hydrogen-bond donors (Lipinski definition) is 1. The van der Waals surface area contributed by atoms with Crippen molar-refractivity contribution in [1.29, 1.82) is 0 Å². The maximum Gasteiger partial charge on any atom is 0.338 e. The number of thioether (sulfide) groups is 1. The molecule has 0 bridgehead atoms. The average molecular weight is 464 g/mol. The van der Waals surface area contributed by atoms with Crippen molar-refractivity contribution in [2.45, 2.75) is 26.4 Å². The molecule has 0 spiro atoms. The lowest BCUT2D eigenvalue weighted by Gasteiger charge is -2.33. The van der Waals surface area contributed by atoms with Gasteiger partial charge in [0, 0.05) is 12.7 Å². The molecule has 0 aromatic heterocycles. The van der Waals surface area contributed by atoms with Crippen LogP contribution in [-0.2, 0) is 20.9 Å². The molecule has 2 aromatic carbocycles. The number of amidine groups is 1. The second-order valence-electron chi connectivity index (χ2n) is 7.45. The van der Waals surface area contributed by atoms with Crippen LogP contribution in [0.2, 0.25) is 0 Å². The van der Waals surface area contributed by atoms with E-state index in [0.717, 1.165) is 16.3 Å². The number of nitrogens with zero attached hydrogens (tertiary/aromatic N) is 2. The Morgan fingerprint density at radius 2 is 1.88 bits per heavy atom. The van der Waals surface area contributed by atoms with Crippen molar-refractivity contribution in [2.24, 2.45) is 4.99 Å². The lowest BCUT2D eigenvalue weighted by molar-refractivity contribution is -0.139. The third kappa shape index (κ3) is 5.28. The monoisotopic (exact) mass is 463 g/mol. The van der Waals surface area contributed by atoms with Gasteiger partial charge in [-0.2, -0.15) is 0 Å². The third-order valence-electron chi connectivity index (χ3n) is 5.21. The number of esters is 1. The first-order valence-corrected chi connectivity index (χ1v) is 11.6. The number of carbonyl (C=O) groups is 2. The zero-order valence-electron chi connectivity index (χ0n) is 18.5. The smallest absolute Gasteiger partial charge is 0.338 e. The van der Waals surface area contributed by atoms with E-state index in [1.807, 2.05) is 65.9 Å². The highest BCUT2D eigenvalue weighted by Gasteiger charge is 2.37. The van der Waals surface area contributed by atoms with Gasteiger partial charge in [-0.1, -0.05) is 54.2 Å². The molecule has 1 atom stereocenters. The summed E-state index contributed by atoms with van der Waals surface area (Å²) >= 11 is 1.51. The number of hydrogen-bond acceptors (Lipinski definition) is 7. The van der Waals surface area contributed by atoms with Gasteiger partial charge in [-0.3, -0.25) is 4.79 Å². The van der Waals surface area contributed by atoms with E-state index in [-0.39, 0.29) is 24.5 Å². The highest BCUT2D eigenvalue weighted by molar-refractivity contribution is 8.16. The topological polar surface area (TPSA) is 80.2 Å². The minimum absolute atomic E-state index is 0.0784. The van der Waals surface area contributed by atoms with Crippen molar-refractivity contribution in [3.63, 3.8) is 0 Å². The van der Waals surface area contributed by atoms with Gasteiger partial charge in [0.25, 0.3) is 5.91 Å². The number of nitrogens with one attached hydrogen (secondary N) is 1. The fourth-order valence-corrected chi connectivity index (χ4v) is 4.43. The van der Waals surface area contributed by atoms with Crippen LogP contribution in [0.15, 0.2) is 82.5 Å². The molecule has 0 unspecified atom stereocenters. The van der Waals surface area contributed by atoms with Crippen molar-refractivity contribution >= 4 is 28.8 Å². The van der Waals surface area contributed by atoms with Gasteiger partial charge in [-0.25, -0.2) is 9.79 Å². The van der Waals surface area contributed by atoms with Crippen LogP contribution in [0.4, 0.5) is 0 Å². The van der Waals surface area contributed by atoms with Crippen molar-refractivity contribution < 1.29 is 19.1 Å². The normalized spacial score (nSPS) is 16.8. The molecule has 0 aliphatic carbocycles. The van der Waals surface area contributed by atoms with Crippen LogP contribution in [0.5, 0.6) is 5.75 Å². The molecule has 0 fully saturated rings. The predicted molar refractivity (Wildman–Crippen MR) is 128 cm³/mol. The summed E-state index contributed by atoms with van der Waals surface area (Å²) in [5.41, 5.74) is 3.09. The zero-order chi connectivity index (χ0) is 23.2. The summed E-state index contributed by atoms with van der Waals surface area (Å²) in [5, 5.41) is 5.60. The van der Waals surface area contributed by atoms with Crippen LogP contribution < -0.4 is 10.1 Å². The van der Waals surface area contributed by atoms with Gasteiger partial charge in [0.1, 0.15) is 5.75 Å². The fraction of sp³-hybridized carbons (Fsp3) is 0.240. The van der Waals surface area contributed by atoms with Crippen molar-refractivity contribution in [3.05, 3.63) is 88.6 Å². The highest BCUT2D eigenvalue weighted by Crippen LogP contribution is 2.41. The molecule has 2 aliphatic rings. The Kier molecular flexibility index (Phi) is 7.14. The Hall–Kier alpha value is -3.52. The second-order valence-corrected chi connectivity index (χ2v) is 8.32. The van der Waals surface area contributed by atoms with Crippen LogP contribution in [0.25, 0.3) is 0 Å². The van der Waals surface area contributed by atoms with Crippen molar-refractivity contribution in [2.75, 3.05) is 13.2 Å². The Morgan fingerprint density at radius 1 is 1.12 bits per heavy atom. The van der Waals surface area contributed by atoms with E-state index in [1.54, 1.807) is 19.1 Å². The Morgan fingerprint density at radius 3 is 2.61 bits per heavy atom. The largest absolute Gasteiger partial charge is 0.484 e. The molecule has 1 N–H and O–H groups in total. The van der Waals surface area contributed by atoms with Gasteiger partial charge in [-0.15, -0.1) is 0 Å². The second kappa shape index (κ2) is 10.4. The molecule has 0 saturated heterocycles. The molecule has 0 radical (unpaired) electrons. The molecule has 2 aromatic rings. The average Bonchev–Trinajstić information content (AvgIpc) is 3.29. The van der Waals surface area contributed by atoms with Crippen molar-refractivity contribution in [1.82, 2.24) is 10.2 Å². The summed E-state index contributed by atoms with van der Waals surface area (Å²) in [6.07, 6.45) is 1.92. The molecule has 2 aliphatic heterocycles. The summed E-state index contributed by atoms with van der Waals surface area (Å²) < 4.78 is 11.0. The predicted octanol–water partition coefficient (Wildman–Crippen LogP) is 4.15. The van der Waals surface area contributed by atoms with Gasteiger partial charge >= 0.3 is 5.97 Å². The van der Waals surface area contributed by atoms with Gasteiger partial charge in [-0.05, 0) is 42.5 Å². The molecule has 0 saturated carbocycles. The molecule has 170 valence electrons. The summed E-state index contributed by atoms with van der Waals surface area (Å²) in [4.78, 5) is 31.4. The molecule has 1 amide bonds. The van der Waals surface area contributed by atoms with Crippen LogP contribution in [0, 0.1) is 0 Å². The summed E-state index contributed by atoms with van der Waals surface area (Å²) in [5.74, 6) is 0.00463. The number of rotatable bonds is 8. The van der Waals surface area contributed by atoms with Crippen LogP contribution in [-0.4, -0.2) is 35.2 Å². The maximum atomic E-state index is 12.7. The first-order valence-electron chi connectivity index (χ1n) is 10.7. The molecule has 2 heterocycles. The Balaban J connectivity index is 1.43. The molecular weight excluding hydrogens is 438 g/mol. The Bertz CT molecular complexity index is 1110. The van der Waals surface area contributed by atoms with Crippen LogP contribution in [0.1, 0.15) is 31.0 Å². The van der Waals surface area contributed by atoms with Gasteiger partial charge in [0.2, 0.25) is 0 Å². The van der Waals surface area contributed by atoms with E-state index in [1.165, 1.54) is 11.8 Å². The minimum Gasteiger partial charge on any atom is -0.484 e. The van der Waals surface area contributed by atoms with E-state index in [2.05, 4.69) is 10.3 Å². The first kappa shape index (κ1) is 22.7. The standard InChI is InChI=1S/C25H25N3O4S/c1-3-31-24(30)22-17(2)27-25-28(13-14-33-25)23(22)19-9-11-20(12-10-19)32-16-21(29)26-15-18-7-5-4-6-8-18/h4-14,23H,3,15-16H2,1-2H3,(H,26,29)/t23-/m0/s1. The third-order valence-corrected chi connectivity index (χ3v) is 5.98. The molecule has 4 rings (SSSR count). The highest BCUT2D eigenvalue weighted by atomic mass is 32.2. The number of benzene rings is 2. The van der Waals surface area contributed by atoms with Gasteiger partial charge in [0.15, 0.2) is 11.8 Å². The first-order chi connectivity index (χ1) is 16.1. The lowest BCUT2D eigenvalue weighted by Crippen LogP contribution is -2.34. The minimum atomic E-state index is -0.372. The number of allylic oxidation sites excluding steroid dienone is 1. The van der Waals surface area contributed by atoms with E-state index in [0.29, 0.717) is 30.2 Å². The molecule has 7 nitrogen and oxygen atoms in total. The van der Waals surface area contributed by atoms with Crippen molar-refractivity contribution in [3.8, 4) is 5.75 Å². The molecule has 8 heteroatoms. The van der Waals surface area contributed by atoms with Crippen LogP contribution >= 0.6 is 11.8 Å². The number of carbonyl (C=O) groups excluding carboxylic acids is 2. The maximum absolute atomic E-state index is 12.7. The fourth-order valence-electron chi connectivity index (χ4n) is 3.64. The van der Waals surface area contributed by atoms with E-state index in [4.69, 9.17) is 9.47 Å². The summed E-state index contributed by atoms with van der Waals surface area (Å²) in [6, 6.07) is 16.8. The quantitative estimate of drug-likeness (QED) is 0.593. The number of aliphatic imine (C=N–C) groups is 1. The zero-order valence-corrected chi connectivity index (χ0v) is 19.3. The van der Waals surface area contributed by atoms with E-state index >= 15 is 0 Å². The van der Waals surface area contributed by atoms with Gasteiger partial charge in [0.05, 0.1) is 23.9 Å². The van der Waals surface area contributed by atoms with Crippen LogP contribution in [0.3, 0.4) is 0 Å². The van der Waals surface area contributed by atoms with Gasteiger partial charge < -0.3 is 19.7 Å². The lowest BCUT2D eigenvalue weighted by atomic mass is 9.95. The SMILES string of the molecule is CCOC(=O)C1=C(C)N=C2SC=CN2[C@H]1c1ccc(OCC(=O)NCc2ccccc2)cc1. The van der Waals surface area contributed by atoms with E-state index in [9.17, 15) is 9.59 Å². The van der Waals surface area contributed by atoms with E-state index < -0.39 is 0 Å². The summed E-state index contributed by atoms with van der Waals surface area (Å²) in [7, 11) is 0.